The normalized spacial score (nSPS) is 11.6. The van der Waals surface area contributed by atoms with E-state index >= 15 is 0 Å². The van der Waals surface area contributed by atoms with Gasteiger partial charge in [-0.3, -0.25) is 19.7 Å². The minimum absolute atomic E-state index is 0.157. The topological polar surface area (TPSA) is 101 Å². The Morgan fingerprint density at radius 2 is 1.91 bits per heavy atom. The Morgan fingerprint density at radius 1 is 1.26 bits per heavy atom. The average molecular weight is 314 g/mol. The predicted molar refractivity (Wildman–Crippen MR) is 83.3 cm³/mol. The molecule has 2 aromatic rings. The monoisotopic (exact) mass is 314 g/mol. The molecule has 0 aromatic heterocycles. The van der Waals surface area contributed by atoms with Crippen molar-refractivity contribution in [2.24, 2.45) is 0 Å². The number of ketones is 1. The van der Waals surface area contributed by atoms with Gasteiger partial charge in [-0.05, 0) is 12.1 Å². The predicted octanol–water partition coefficient (Wildman–Crippen LogP) is 2.10. The number of benzene rings is 2. The Labute approximate surface area is 131 Å². The third-order valence-electron chi connectivity index (χ3n) is 3.37. The second kappa shape index (κ2) is 6.80. The lowest BCUT2D eigenvalue weighted by atomic mass is 9.98. The summed E-state index contributed by atoms with van der Waals surface area (Å²) in [4.78, 5) is 34.8. The lowest BCUT2D eigenvalue weighted by Gasteiger charge is -2.15. The van der Waals surface area contributed by atoms with E-state index in [1.807, 2.05) is 0 Å². The maximum atomic E-state index is 12.3. The van der Waals surface area contributed by atoms with Crippen LogP contribution in [-0.4, -0.2) is 29.3 Å². The van der Waals surface area contributed by atoms with Crippen molar-refractivity contribution in [2.45, 2.75) is 6.10 Å². The molecule has 0 aliphatic carbocycles. The van der Waals surface area contributed by atoms with E-state index in [0.29, 0.717) is 12.1 Å². The van der Waals surface area contributed by atoms with Crippen molar-refractivity contribution in [3.8, 4) is 0 Å². The van der Waals surface area contributed by atoms with Crippen molar-refractivity contribution >= 4 is 23.6 Å². The highest BCUT2D eigenvalue weighted by Gasteiger charge is 2.27. The van der Waals surface area contributed by atoms with Gasteiger partial charge in [0.25, 0.3) is 5.69 Å². The van der Waals surface area contributed by atoms with E-state index in [0.717, 1.165) is 6.07 Å². The molecule has 1 amide bonds. The van der Waals surface area contributed by atoms with E-state index in [9.17, 15) is 24.8 Å². The van der Waals surface area contributed by atoms with Crippen LogP contribution < -0.4 is 4.90 Å². The van der Waals surface area contributed by atoms with Gasteiger partial charge >= 0.3 is 0 Å². The van der Waals surface area contributed by atoms with Crippen molar-refractivity contribution in [2.75, 3.05) is 11.9 Å². The fraction of sp³-hybridized carbons (Fsp3) is 0.125. The van der Waals surface area contributed by atoms with Crippen LogP contribution in [0.25, 0.3) is 0 Å². The molecular formula is C16H14N2O5. The maximum Gasteiger partial charge on any atom is 0.275 e. The fourth-order valence-corrected chi connectivity index (χ4v) is 2.11. The Morgan fingerprint density at radius 3 is 2.48 bits per heavy atom. The van der Waals surface area contributed by atoms with Gasteiger partial charge in [0.2, 0.25) is 6.41 Å². The van der Waals surface area contributed by atoms with E-state index in [1.54, 1.807) is 18.2 Å². The smallest absolute Gasteiger partial charge is 0.275 e. The minimum atomic E-state index is -1.70. The molecule has 2 rings (SSSR count). The number of Topliss-reactive ketones (excluding diaryl/α,β-unsaturated/α-hetero) is 1. The van der Waals surface area contributed by atoms with Gasteiger partial charge < -0.3 is 10.0 Å². The third kappa shape index (κ3) is 3.41. The number of aliphatic hydroxyl groups is 1. The Bertz CT molecular complexity index is 745. The lowest BCUT2D eigenvalue weighted by Crippen LogP contribution is -2.17. The van der Waals surface area contributed by atoms with Gasteiger partial charge in [-0.25, -0.2) is 0 Å². The standard InChI is InChI=1S/C16H14N2O5/c1-17(10-19)12-7-8-14(18(22)23)13(9-12)16(21)15(20)11-5-3-2-4-6-11/h2-10,16,21H,1H3. The molecule has 23 heavy (non-hydrogen) atoms. The Balaban J connectivity index is 2.48. The van der Waals surface area contributed by atoms with E-state index < -0.39 is 16.8 Å². The number of hydrogen-bond acceptors (Lipinski definition) is 5. The molecule has 1 N–H and O–H groups in total. The molecule has 118 valence electrons. The molecule has 0 heterocycles. The third-order valence-corrected chi connectivity index (χ3v) is 3.37. The second-order valence-corrected chi connectivity index (χ2v) is 4.85. The molecule has 0 spiro atoms. The largest absolute Gasteiger partial charge is 0.380 e. The zero-order valence-corrected chi connectivity index (χ0v) is 12.2. The minimum Gasteiger partial charge on any atom is -0.380 e. The van der Waals surface area contributed by atoms with Crippen LogP contribution in [0, 0.1) is 10.1 Å². The number of amides is 1. The SMILES string of the molecule is CN(C=O)c1ccc([N+](=O)[O-])c(C(O)C(=O)c2ccccc2)c1. The van der Waals surface area contributed by atoms with E-state index in [4.69, 9.17) is 0 Å². The number of aliphatic hydroxyl groups excluding tert-OH is 1. The van der Waals surface area contributed by atoms with Crippen molar-refractivity contribution < 1.29 is 19.6 Å². The fourth-order valence-electron chi connectivity index (χ4n) is 2.11. The first-order chi connectivity index (χ1) is 11.0. The number of carbonyl (C=O) groups excluding carboxylic acids is 2. The van der Waals surface area contributed by atoms with Gasteiger partial charge in [0.05, 0.1) is 10.5 Å². The van der Waals surface area contributed by atoms with Gasteiger partial charge in [-0.15, -0.1) is 0 Å². The number of nitro benzene ring substituents is 1. The molecule has 7 nitrogen and oxygen atoms in total. The zero-order chi connectivity index (χ0) is 17.0. The summed E-state index contributed by atoms with van der Waals surface area (Å²) in [6.07, 6.45) is -1.17. The van der Waals surface area contributed by atoms with Gasteiger partial charge in [-0.1, -0.05) is 30.3 Å². The number of nitro groups is 1. The number of carbonyl (C=O) groups is 2. The number of anilines is 1. The number of hydrogen-bond donors (Lipinski definition) is 1. The maximum absolute atomic E-state index is 12.3. The Hall–Kier alpha value is -3.06. The van der Waals surface area contributed by atoms with Crippen LogP contribution in [0.4, 0.5) is 11.4 Å². The quantitative estimate of drug-likeness (QED) is 0.381. The molecule has 0 fully saturated rings. The van der Waals surface area contributed by atoms with Gasteiger partial charge in [0, 0.05) is 24.4 Å². The first kappa shape index (κ1) is 16.3. The highest BCUT2D eigenvalue weighted by Crippen LogP contribution is 2.31. The molecular weight excluding hydrogens is 300 g/mol. The van der Waals surface area contributed by atoms with E-state index in [-0.39, 0.29) is 16.8 Å². The molecule has 0 aliphatic heterocycles. The summed E-state index contributed by atoms with van der Waals surface area (Å²) in [5, 5.41) is 21.4. The van der Waals surface area contributed by atoms with Crippen LogP contribution in [0.15, 0.2) is 48.5 Å². The molecule has 0 saturated carbocycles. The van der Waals surface area contributed by atoms with Crippen LogP contribution in [0.3, 0.4) is 0 Å². The van der Waals surface area contributed by atoms with Gasteiger partial charge in [0.1, 0.15) is 6.10 Å². The molecule has 0 radical (unpaired) electrons. The van der Waals surface area contributed by atoms with Crippen LogP contribution in [0.1, 0.15) is 22.0 Å². The summed E-state index contributed by atoms with van der Waals surface area (Å²) in [5.41, 5.74) is 0.0313. The number of nitrogens with zero attached hydrogens (tertiary/aromatic N) is 2. The van der Waals surface area contributed by atoms with Crippen LogP contribution in [0.2, 0.25) is 0 Å². The summed E-state index contributed by atoms with van der Waals surface area (Å²) in [5.74, 6) is -0.653. The highest BCUT2D eigenvalue weighted by atomic mass is 16.6. The number of rotatable bonds is 6. The first-order valence-electron chi connectivity index (χ1n) is 6.69. The Kier molecular flexibility index (Phi) is 4.82. The molecule has 2 aromatic carbocycles. The first-order valence-corrected chi connectivity index (χ1v) is 6.69. The summed E-state index contributed by atoms with van der Waals surface area (Å²) in [7, 11) is 1.46. The summed E-state index contributed by atoms with van der Waals surface area (Å²) in [6, 6.07) is 11.8. The molecule has 1 unspecified atom stereocenters. The van der Waals surface area contributed by atoms with Crippen LogP contribution in [-0.2, 0) is 4.79 Å². The van der Waals surface area contributed by atoms with Crippen molar-refractivity contribution in [1.82, 2.24) is 0 Å². The van der Waals surface area contributed by atoms with E-state index in [1.165, 1.54) is 36.2 Å². The average Bonchev–Trinajstić information content (AvgIpc) is 2.59. The zero-order valence-electron chi connectivity index (χ0n) is 12.2. The van der Waals surface area contributed by atoms with Crippen LogP contribution >= 0.6 is 0 Å². The van der Waals surface area contributed by atoms with Crippen LogP contribution in [0.5, 0.6) is 0 Å². The van der Waals surface area contributed by atoms with Gasteiger partial charge in [0.15, 0.2) is 5.78 Å². The van der Waals surface area contributed by atoms with Gasteiger partial charge in [-0.2, -0.15) is 0 Å². The van der Waals surface area contributed by atoms with Crippen molar-refractivity contribution in [1.29, 1.82) is 0 Å². The lowest BCUT2D eigenvalue weighted by molar-refractivity contribution is -0.386. The summed E-state index contributed by atoms with van der Waals surface area (Å²) >= 11 is 0. The van der Waals surface area contributed by atoms with E-state index in [2.05, 4.69) is 0 Å². The molecule has 1 atom stereocenters. The van der Waals surface area contributed by atoms with Crippen molar-refractivity contribution in [3.63, 3.8) is 0 Å². The van der Waals surface area contributed by atoms with Crippen molar-refractivity contribution in [3.05, 3.63) is 69.8 Å². The molecule has 7 heteroatoms. The second-order valence-electron chi connectivity index (χ2n) is 4.85. The molecule has 0 aliphatic rings. The highest BCUT2D eigenvalue weighted by molar-refractivity contribution is 6.00. The molecule has 0 saturated heterocycles. The summed E-state index contributed by atoms with van der Waals surface area (Å²) < 4.78 is 0. The molecule has 0 bridgehead atoms. The summed E-state index contributed by atoms with van der Waals surface area (Å²) in [6.45, 7) is 0.